The number of methoxy groups -OCH3 is 1. The molecule has 1 unspecified atom stereocenters. The molecule has 1 heterocycles. The first kappa shape index (κ1) is 25.9. The quantitative estimate of drug-likeness (QED) is 0.435. The van der Waals surface area contributed by atoms with Crippen LogP contribution in [0, 0.1) is 5.92 Å². The van der Waals surface area contributed by atoms with Crippen molar-refractivity contribution in [2.45, 2.75) is 25.3 Å². The summed E-state index contributed by atoms with van der Waals surface area (Å²) in [7, 11) is 1.49. The lowest BCUT2D eigenvalue weighted by Gasteiger charge is -2.38. The number of nitrogen functional groups attached to an aromatic ring is 1. The highest BCUT2D eigenvalue weighted by atomic mass is 35.5. The molecular weight excluding hydrogens is 479 g/mol. The molecule has 3 rings (SSSR count). The van der Waals surface area contributed by atoms with Crippen LogP contribution in [0.5, 0.6) is 5.75 Å². The number of carbonyl (C=O) groups is 2. The van der Waals surface area contributed by atoms with Gasteiger partial charge in [0.25, 0.3) is 5.91 Å². The fourth-order valence-corrected chi connectivity index (χ4v) is 4.69. The predicted molar refractivity (Wildman–Crippen MR) is 133 cm³/mol. The largest absolute Gasteiger partial charge is 0.496 e. The number of halogens is 2. The van der Waals surface area contributed by atoms with Gasteiger partial charge in [-0.2, -0.15) is 0 Å². The molecule has 1 atom stereocenters. The third kappa shape index (κ3) is 6.68. The number of benzene rings is 2. The van der Waals surface area contributed by atoms with Gasteiger partial charge in [0.05, 0.1) is 30.0 Å². The van der Waals surface area contributed by atoms with E-state index in [-0.39, 0.29) is 18.6 Å². The topological polar surface area (TPSA) is 120 Å². The van der Waals surface area contributed by atoms with Crippen molar-refractivity contribution in [1.82, 2.24) is 10.2 Å². The molecule has 2 aromatic rings. The Kier molecular flexibility index (Phi) is 9.27. The number of anilines is 1. The van der Waals surface area contributed by atoms with Gasteiger partial charge in [0.2, 0.25) is 0 Å². The minimum atomic E-state index is -0.786. The van der Waals surface area contributed by atoms with Crippen LogP contribution in [-0.2, 0) is 4.74 Å². The maximum Gasteiger partial charge on any atom is 0.404 e. The van der Waals surface area contributed by atoms with Gasteiger partial charge in [-0.25, -0.2) is 4.79 Å². The van der Waals surface area contributed by atoms with Crippen molar-refractivity contribution < 1.29 is 19.1 Å². The Balaban J connectivity index is 1.58. The number of nitrogens with zero attached hydrogens (tertiary/aromatic N) is 1. The third-order valence-electron chi connectivity index (χ3n) is 6.10. The summed E-state index contributed by atoms with van der Waals surface area (Å²) < 4.78 is 10.3. The second-order valence-electron chi connectivity index (χ2n) is 8.26. The van der Waals surface area contributed by atoms with E-state index in [9.17, 15) is 9.59 Å². The summed E-state index contributed by atoms with van der Waals surface area (Å²) in [6.07, 6.45) is 1.60. The van der Waals surface area contributed by atoms with E-state index >= 15 is 0 Å². The number of piperidine rings is 1. The van der Waals surface area contributed by atoms with Gasteiger partial charge in [-0.1, -0.05) is 41.4 Å². The van der Waals surface area contributed by atoms with Crippen LogP contribution >= 0.6 is 23.2 Å². The standard InChI is InChI=1S/C24H30Cl2N4O4/c1-33-22-13-20(27)19(26)12-17(22)23(31)29-14-15-6-9-30(10-7-15)21(8-11-34-24(28)32)16-4-2-3-5-18(16)25/h2-5,12-13,15,21H,6-11,14,27H2,1H3,(H2,28,32)(H,29,31). The van der Waals surface area contributed by atoms with Crippen LogP contribution in [0.1, 0.15) is 41.2 Å². The zero-order valence-corrected chi connectivity index (χ0v) is 20.6. The monoisotopic (exact) mass is 508 g/mol. The summed E-state index contributed by atoms with van der Waals surface area (Å²) in [5.74, 6) is 0.456. The molecule has 0 saturated carbocycles. The molecule has 1 saturated heterocycles. The SMILES string of the molecule is COc1cc(N)c(Cl)cc1C(=O)NCC1CCN(C(CCOC(N)=O)c2ccccc2Cl)CC1. The molecule has 0 radical (unpaired) electrons. The average molecular weight is 509 g/mol. The number of likely N-dealkylation sites (tertiary alicyclic amines) is 1. The smallest absolute Gasteiger partial charge is 0.404 e. The Hall–Kier alpha value is -2.68. The van der Waals surface area contributed by atoms with Gasteiger partial charge in [-0.15, -0.1) is 0 Å². The minimum absolute atomic E-state index is 0.00442. The van der Waals surface area contributed by atoms with Crippen molar-refractivity contribution in [3.05, 3.63) is 57.6 Å². The molecular formula is C24H30Cl2N4O4. The van der Waals surface area contributed by atoms with Crippen molar-refractivity contribution in [3.63, 3.8) is 0 Å². The van der Waals surface area contributed by atoms with E-state index in [4.69, 9.17) is 44.1 Å². The first-order chi connectivity index (χ1) is 16.3. The number of carbonyl (C=O) groups excluding carboxylic acids is 2. The normalized spacial score (nSPS) is 15.5. The van der Waals surface area contributed by atoms with E-state index in [2.05, 4.69) is 10.2 Å². The molecule has 1 fully saturated rings. The van der Waals surface area contributed by atoms with Crippen molar-refractivity contribution >= 4 is 40.9 Å². The molecule has 0 aliphatic carbocycles. The lowest BCUT2D eigenvalue weighted by molar-refractivity contribution is 0.0885. The Morgan fingerprint density at radius 2 is 1.88 bits per heavy atom. The van der Waals surface area contributed by atoms with Crippen LogP contribution in [0.2, 0.25) is 10.0 Å². The molecule has 1 aliphatic rings. The second kappa shape index (κ2) is 12.1. The number of nitrogens with two attached hydrogens (primary N) is 2. The van der Waals surface area contributed by atoms with E-state index in [1.807, 2.05) is 24.3 Å². The molecule has 10 heteroatoms. The molecule has 0 spiro atoms. The van der Waals surface area contributed by atoms with Crippen LogP contribution in [0.3, 0.4) is 0 Å². The van der Waals surface area contributed by atoms with Crippen LogP contribution < -0.4 is 21.5 Å². The first-order valence-corrected chi connectivity index (χ1v) is 11.9. The summed E-state index contributed by atoms with van der Waals surface area (Å²) >= 11 is 12.5. The van der Waals surface area contributed by atoms with Crippen LogP contribution in [0.15, 0.2) is 36.4 Å². The molecule has 34 heavy (non-hydrogen) atoms. The van der Waals surface area contributed by atoms with E-state index in [1.165, 1.54) is 13.2 Å². The first-order valence-electron chi connectivity index (χ1n) is 11.1. The maximum atomic E-state index is 12.7. The highest BCUT2D eigenvalue weighted by molar-refractivity contribution is 6.33. The number of rotatable bonds is 9. The third-order valence-corrected chi connectivity index (χ3v) is 6.78. The number of hydrogen-bond donors (Lipinski definition) is 3. The van der Waals surface area contributed by atoms with Crippen molar-refractivity contribution in [3.8, 4) is 5.75 Å². The van der Waals surface area contributed by atoms with Crippen LogP contribution in [0.4, 0.5) is 10.5 Å². The van der Waals surface area contributed by atoms with Gasteiger partial charge in [-0.3, -0.25) is 9.69 Å². The van der Waals surface area contributed by atoms with E-state index in [1.54, 1.807) is 6.07 Å². The van der Waals surface area contributed by atoms with Gasteiger partial charge >= 0.3 is 6.09 Å². The number of nitrogens with one attached hydrogen (secondary N) is 1. The summed E-state index contributed by atoms with van der Waals surface area (Å²) in [4.78, 5) is 26.1. The van der Waals surface area contributed by atoms with Gasteiger partial charge in [0.1, 0.15) is 5.75 Å². The van der Waals surface area contributed by atoms with Gasteiger partial charge in [0, 0.05) is 30.1 Å². The fourth-order valence-electron chi connectivity index (χ4n) is 4.27. The molecule has 1 aliphatic heterocycles. The van der Waals surface area contributed by atoms with Crippen molar-refractivity contribution in [1.29, 1.82) is 0 Å². The molecule has 5 N–H and O–H groups in total. The van der Waals surface area contributed by atoms with Crippen molar-refractivity contribution in [2.75, 3.05) is 39.1 Å². The molecule has 8 nitrogen and oxygen atoms in total. The van der Waals surface area contributed by atoms with Gasteiger partial charge in [-0.05, 0) is 49.5 Å². The summed E-state index contributed by atoms with van der Waals surface area (Å²) in [5.41, 5.74) is 12.6. The van der Waals surface area contributed by atoms with Crippen LogP contribution in [-0.4, -0.2) is 50.3 Å². The summed E-state index contributed by atoms with van der Waals surface area (Å²) in [5, 5.41) is 3.98. The number of primary amides is 1. The Bertz CT molecular complexity index is 1010. The fraction of sp³-hybridized carbons (Fsp3) is 0.417. The van der Waals surface area contributed by atoms with Crippen LogP contribution in [0.25, 0.3) is 0 Å². The second-order valence-corrected chi connectivity index (χ2v) is 9.07. The molecule has 2 amide bonds. The maximum absolute atomic E-state index is 12.7. The predicted octanol–water partition coefficient (Wildman–Crippen LogP) is 4.25. The number of hydrogen-bond acceptors (Lipinski definition) is 6. The number of ether oxygens (including phenoxy) is 2. The van der Waals surface area contributed by atoms with E-state index < -0.39 is 6.09 Å². The molecule has 0 bridgehead atoms. The lowest BCUT2D eigenvalue weighted by Crippen LogP contribution is -2.41. The van der Waals surface area contributed by atoms with Gasteiger partial charge in [0.15, 0.2) is 0 Å². The zero-order chi connectivity index (χ0) is 24.7. The van der Waals surface area contributed by atoms with Gasteiger partial charge < -0.3 is 26.3 Å². The Morgan fingerprint density at radius 1 is 1.18 bits per heavy atom. The molecule has 184 valence electrons. The zero-order valence-electron chi connectivity index (χ0n) is 19.1. The highest BCUT2D eigenvalue weighted by Gasteiger charge is 2.28. The highest BCUT2D eigenvalue weighted by Crippen LogP contribution is 2.33. The van der Waals surface area contributed by atoms with E-state index in [0.717, 1.165) is 31.5 Å². The Morgan fingerprint density at radius 3 is 2.53 bits per heavy atom. The van der Waals surface area contributed by atoms with Crippen molar-refractivity contribution in [2.24, 2.45) is 11.7 Å². The average Bonchev–Trinajstić information content (AvgIpc) is 2.82. The molecule has 2 aromatic carbocycles. The molecule has 0 aromatic heterocycles. The minimum Gasteiger partial charge on any atom is -0.496 e. The summed E-state index contributed by atoms with van der Waals surface area (Å²) in [6, 6.07) is 10.8. The van der Waals surface area contributed by atoms with E-state index in [0.29, 0.717) is 45.9 Å². The Labute approximate surface area is 209 Å². The summed E-state index contributed by atoms with van der Waals surface area (Å²) in [6.45, 7) is 2.40. The lowest BCUT2D eigenvalue weighted by atomic mass is 9.93. The number of amides is 2.